The van der Waals surface area contributed by atoms with Gasteiger partial charge in [0.1, 0.15) is 11.6 Å². The molecule has 0 aromatic heterocycles. The van der Waals surface area contributed by atoms with Crippen LogP contribution in [-0.4, -0.2) is 18.2 Å². The average molecular weight is 236 g/mol. The number of hydrogen-bond donors (Lipinski definition) is 1. The Hall–Kier alpha value is -2.02. The fraction of sp³-hybridized carbons (Fsp3) is 0.308. The summed E-state index contributed by atoms with van der Waals surface area (Å²) in [6.45, 7) is 1.61. The number of ether oxygens (including phenoxy) is 1. The molecule has 1 atom stereocenters. The Bertz CT molecular complexity index is 471. The Balaban J connectivity index is 3.04. The lowest BCUT2D eigenvalue weighted by atomic mass is 9.95. The first-order valence-corrected chi connectivity index (χ1v) is 5.06. The fourth-order valence-corrected chi connectivity index (χ4v) is 1.46. The molecule has 1 N–H and O–H groups in total. The Morgan fingerprint density at radius 3 is 2.82 bits per heavy atom. The molecule has 1 aromatic carbocycles. The van der Waals surface area contributed by atoms with Crippen LogP contribution in [0.25, 0.3) is 0 Å². The van der Waals surface area contributed by atoms with Gasteiger partial charge in [-0.2, -0.15) is 0 Å². The summed E-state index contributed by atoms with van der Waals surface area (Å²) >= 11 is 0. The highest BCUT2D eigenvalue weighted by atomic mass is 19.1. The van der Waals surface area contributed by atoms with Crippen molar-refractivity contribution >= 4 is 5.97 Å². The van der Waals surface area contributed by atoms with E-state index in [1.54, 1.807) is 6.92 Å². The first-order valence-electron chi connectivity index (χ1n) is 5.06. The molecule has 0 aliphatic rings. The maximum absolute atomic E-state index is 13.6. The largest absolute Gasteiger partial charge is 0.508 e. The maximum atomic E-state index is 13.6. The second kappa shape index (κ2) is 5.90. The van der Waals surface area contributed by atoms with E-state index in [0.717, 1.165) is 6.07 Å². The second-order valence-corrected chi connectivity index (χ2v) is 3.43. The second-order valence-electron chi connectivity index (χ2n) is 3.43. The van der Waals surface area contributed by atoms with Crippen LogP contribution in [0, 0.1) is 17.7 Å². The molecule has 0 aliphatic heterocycles. The van der Waals surface area contributed by atoms with Gasteiger partial charge in [0.2, 0.25) is 0 Å². The van der Waals surface area contributed by atoms with Gasteiger partial charge >= 0.3 is 5.97 Å². The molecule has 4 heteroatoms. The van der Waals surface area contributed by atoms with E-state index < -0.39 is 17.7 Å². The van der Waals surface area contributed by atoms with Crippen LogP contribution in [0.4, 0.5) is 4.39 Å². The number of esters is 1. The number of phenolic OH excluding ortho intramolecular Hbond substituents is 1. The number of rotatable bonds is 3. The van der Waals surface area contributed by atoms with Gasteiger partial charge in [-0.15, -0.1) is 5.92 Å². The van der Waals surface area contributed by atoms with Crippen LogP contribution < -0.4 is 0 Å². The van der Waals surface area contributed by atoms with Crippen molar-refractivity contribution < 1.29 is 19.0 Å². The lowest BCUT2D eigenvalue weighted by molar-refractivity contribution is -0.140. The summed E-state index contributed by atoms with van der Waals surface area (Å²) in [6.07, 6.45) is -0.0148. The molecule has 0 amide bonds. The van der Waals surface area contributed by atoms with Gasteiger partial charge in [-0.1, -0.05) is 12.0 Å². The predicted octanol–water partition coefficient (Wildman–Crippen LogP) is 2.20. The summed E-state index contributed by atoms with van der Waals surface area (Å²) in [7, 11) is 1.27. The maximum Gasteiger partial charge on any atom is 0.307 e. The summed E-state index contributed by atoms with van der Waals surface area (Å²) in [5.41, 5.74) is 0.280. The molecule has 0 unspecified atom stereocenters. The Labute approximate surface area is 99.2 Å². The van der Waals surface area contributed by atoms with Crippen LogP contribution >= 0.6 is 0 Å². The lowest BCUT2D eigenvalue weighted by Gasteiger charge is -2.11. The zero-order valence-corrected chi connectivity index (χ0v) is 9.66. The zero-order valence-electron chi connectivity index (χ0n) is 9.66. The van der Waals surface area contributed by atoms with Gasteiger partial charge in [0.15, 0.2) is 0 Å². The molecule has 0 bridgehead atoms. The molecular formula is C13H13FO3. The Kier molecular flexibility index (Phi) is 4.53. The van der Waals surface area contributed by atoms with Crippen LogP contribution in [-0.2, 0) is 9.53 Å². The molecule has 0 saturated heterocycles. The van der Waals surface area contributed by atoms with E-state index in [4.69, 9.17) is 5.11 Å². The van der Waals surface area contributed by atoms with Gasteiger partial charge in [0.25, 0.3) is 0 Å². The van der Waals surface area contributed by atoms with E-state index in [-0.39, 0.29) is 17.7 Å². The SMILES string of the molecule is CC#C[C@@H](CC(=O)OC)c1ccc(O)cc1F. The average Bonchev–Trinajstić information content (AvgIpc) is 2.28. The van der Waals surface area contributed by atoms with Crippen molar-refractivity contribution in [1.29, 1.82) is 0 Å². The number of phenols is 1. The highest BCUT2D eigenvalue weighted by Gasteiger charge is 2.18. The van der Waals surface area contributed by atoms with Gasteiger partial charge in [-0.3, -0.25) is 4.79 Å². The number of methoxy groups -OCH3 is 1. The third-order valence-electron chi connectivity index (χ3n) is 2.28. The minimum absolute atomic E-state index is 0.0148. The number of aromatic hydroxyl groups is 1. The molecule has 17 heavy (non-hydrogen) atoms. The lowest BCUT2D eigenvalue weighted by Crippen LogP contribution is -2.08. The summed E-state index contributed by atoms with van der Waals surface area (Å²) in [5, 5.41) is 9.11. The third kappa shape index (κ3) is 3.49. The molecule has 90 valence electrons. The van der Waals surface area contributed by atoms with Gasteiger partial charge in [-0.25, -0.2) is 4.39 Å². The molecule has 3 nitrogen and oxygen atoms in total. The monoisotopic (exact) mass is 236 g/mol. The fourth-order valence-electron chi connectivity index (χ4n) is 1.46. The van der Waals surface area contributed by atoms with E-state index >= 15 is 0 Å². The van der Waals surface area contributed by atoms with Crippen molar-refractivity contribution in [2.24, 2.45) is 0 Å². The molecule has 0 spiro atoms. The third-order valence-corrected chi connectivity index (χ3v) is 2.28. The summed E-state index contributed by atoms with van der Waals surface area (Å²) in [5.74, 6) is 3.65. The molecular weight excluding hydrogens is 223 g/mol. The van der Waals surface area contributed by atoms with Crippen LogP contribution in [0.3, 0.4) is 0 Å². The van der Waals surface area contributed by atoms with E-state index in [2.05, 4.69) is 16.6 Å². The van der Waals surface area contributed by atoms with Crippen molar-refractivity contribution in [3.8, 4) is 17.6 Å². The molecule has 0 fully saturated rings. The van der Waals surface area contributed by atoms with E-state index in [1.165, 1.54) is 19.2 Å². The standard InChI is InChI=1S/C13H13FO3/c1-3-4-9(7-13(16)17-2)11-6-5-10(15)8-12(11)14/h5-6,8-9,15H,7H2,1-2H3/t9-/m0/s1. The van der Waals surface area contributed by atoms with Gasteiger partial charge in [-0.05, 0) is 13.0 Å². The van der Waals surface area contributed by atoms with Crippen molar-refractivity contribution in [2.75, 3.05) is 7.11 Å². The number of carbonyl (C=O) groups excluding carboxylic acids is 1. The topological polar surface area (TPSA) is 46.5 Å². The number of halogens is 1. The van der Waals surface area contributed by atoms with Crippen molar-refractivity contribution in [3.05, 3.63) is 29.6 Å². The first kappa shape index (κ1) is 13.0. The Morgan fingerprint density at radius 2 is 2.29 bits per heavy atom. The first-order chi connectivity index (χ1) is 8.08. The summed E-state index contributed by atoms with van der Waals surface area (Å²) in [6, 6.07) is 3.78. The van der Waals surface area contributed by atoms with Crippen molar-refractivity contribution in [3.63, 3.8) is 0 Å². The smallest absolute Gasteiger partial charge is 0.307 e. The van der Waals surface area contributed by atoms with Crippen LogP contribution in [0.15, 0.2) is 18.2 Å². The van der Waals surface area contributed by atoms with Crippen molar-refractivity contribution in [2.45, 2.75) is 19.3 Å². The highest BCUT2D eigenvalue weighted by Crippen LogP contribution is 2.25. The molecule has 0 heterocycles. The zero-order chi connectivity index (χ0) is 12.8. The Morgan fingerprint density at radius 1 is 1.59 bits per heavy atom. The van der Waals surface area contributed by atoms with Crippen LogP contribution in [0.5, 0.6) is 5.75 Å². The molecule has 0 aliphatic carbocycles. The molecule has 0 saturated carbocycles. The minimum atomic E-state index is -0.582. The van der Waals surface area contributed by atoms with E-state index in [9.17, 15) is 9.18 Å². The normalized spacial score (nSPS) is 11.2. The quantitative estimate of drug-likeness (QED) is 0.646. The predicted molar refractivity (Wildman–Crippen MR) is 60.9 cm³/mol. The molecule has 1 aromatic rings. The number of carbonyl (C=O) groups is 1. The number of hydrogen-bond acceptors (Lipinski definition) is 3. The van der Waals surface area contributed by atoms with Crippen molar-refractivity contribution in [1.82, 2.24) is 0 Å². The summed E-state index contributed by atoms with van der Waals surface area (Å²) in [4.78, 5) is 11.2. The van der Waals surface area contributed by atoms with E-state index in [1.807, 2.05) is 0 Å². The molecule has 0 radical (unpaired) electrons. The minimum Gasteiger partial charge on any atom is -0.508 e. The van der Waals surface area contributed by atoms with Crippen LogP contribution in [0.2, 0.25) is 0 Å². The number of benzene rings is 1. The van der Waals surface area contributed by atoms with Gasteiger partial charge in [0.05, 0.1) is 19.4 Å². The summed E-state index contributed by atoms with van der Waals surface area (Å²) < 4.78 is 18.1. The van der Waals surface area contributed by atoms with Gasteiger partial charge in [0, 0.05) is 11.6 Å². The van der Waals surface area contributed by atoms with Crippen LogP contribution in [0.1, 0.15) is 24.8 Å². The van der Waals surface area contributed by atoms with E-state index in [0.29, 0.717) is 0 Å². The molecule has 1 rings (SSSR count). The highest BCUT2D eigenvalue weighted by molar-refractivity contribution is 5.71. The van der Waals surface area contributed by atoms with Gasteiger partial charge < -0.3 is 9.84 Å².